The van der Waals surface area contributed by atoms with Gasteiger partial charge in [-0.05, 0) is 61.6 Å². The maximum absolute atomic E-state index is 13.9. The molecule has 0 bridgehead atoms. The van der Waals surface area contributed by atoms with Crippen molar-refractivity contribution >= 4 is 17.2 Å². The number of benzene rings is 3. The monoisotopic (exact) mass is 498 g/mol. The van der Waals surface area contributed by atoms with E-state index in [1.54, 1.807) is 7.11 Å². The lowest BCUT2D eigenvalue weighted by Crippen LogP contribution is -2.27. The lowest BCUT2D eigenvalue weighted by molar-refractivity contribution is -0.116. The molecule has 2 aliphatic rings. The average molecular weight is 499 g/mol. The van der Waals surface area contributed by atoms with Crippen molar-refractivity contribution in [1.29, 1.82) is 0 Å². The number of carbonyl (C=O) groups excluding carboxylic acids is 1. The quantitative estimate of drug-likeness (QED) is 0.354. The number of anilines is 2. The van der Waals surface area contributed by atoms with Gasteiger partial charge in [-0.3, -0.25) is 4.79 Å². The summed E-state index contributed by atoms with van der Waals surface area (Å²) in [6.07, 6.45) is 2.05. The molecule has 0 aromatic heterocycles. The molecule has 37 heavy (non-hydrogen) atoms. The molecule has 0 saturated heterocycles. The number of Topliss-reactive ketones (excluding diaryl/α,β-unsaturated/α-hetero) is 1. The molecule has 3 aromatic carbocycles. The van der Waals surface area contributed by atoms with Crippen LogP contribution in [-0.4, -0.2) is 26.1 Å². The first-order chi connectivity index (χ1) is 18.1. The number of para-hydroxylation sites is 3. The van der Waals surface area contributed by atoms with Crippen molar-refractivity contribution in [2.45, 2.75) is 45.1 Å². The number of carbonyl (C=O) groups is 1. The van der Waals surface area contributed by atoms with Crippen molar-refractivity contribution < 1.29 is 19.0 Å². The summed E-state index contributed by atoms with van der Waals surface area (Å²) in [5.74, 6) is 2.36. The van der Waals surface area contributed by atoms with Crippen molar-refractivity contribution in [3.8, 4) is 17.2 Å². The molecule has 5 rings (SSSR count). The van der Waals surface area contributed by atoms with E-state index in [2.05, 4.69) is 23.6 Å². The summed E-state index contributed by atoms with van der Waals surface area (Å²) in [4.78, 5) is 13.9. The first kappa shape index (κ1) is 24.8. The zero-order chi connectivity index (χ0) is 25.8. The number of methoxy groups -OCH3 is 1. The Kier molecular flexibility index (Phi) is 7.35. The summed E-state index contributed by atoms with van der Waals surface area (Å²) in [5.41, 5.74) is 5.67. The van der Waals surface area contributed by atoms with Crippen LogP contribution in [0.1, 0.15) is 56.2 Å². The first-order valence-corrected chi connectivity index (χ1v) is 13.0. The van der Waals surface area contributed by atoms with E-state index in [1.807, 2.05) is 67.6 Å². The standard InChI is InChI=1S/C31H34N2O4/c1-4-16-37-27-13-9-6-10-22(27)31-30-25(32-23-11-7-8-12-24(23)33-31)17-21(18-26(30)34)20-14-15-28(36-5-2)29(19-20)35-3/h6-15,19,21,31-33H,4-5,16-18H2,1-3H3. The molecule has 2 atom stereocenters. The van der Waals surface area contributed by atoms with Crippen LogP contribution in [0.5, 0.6) is 17.2 Å². The van der Waals surface area contributed by atoms with Gasteiger partial charge in [0.2, 0.25) is 0 Å². The predicted molar refractivity (Wildman–Crippen MR) is 147 cm³/mol. The Balaban J connectivity index is 1.57. The molecule has 0 amide bonds. The minimum absolute atomic E-state index is 0.0285. The zero-order valence-electron chi connectivity index (χ0n) is 21.7. The second-order valence-electron chi connectivity index (χ2n) is 9.40. The Hall–Kier alpha value is -3.93. The van der Waals surface area contributed by atoms with E-state index in [-0.39, 0.29) is 17.7 Å². The Morgan fingerprint density at radius 2 is 1.65 bits per heavy atom. The van der Waals surface area contributed by atoms with E-state index in [0.29, 0.717) is 37.6 Å². The van der Waals surface area contributed by atoms with E-state index in [0.717, 1.165) is 45.9 Å². The molecule has 0 radical (unpaired) electrons. The normalized spacial score (nSPS) is 18.6. The summed E-state index contributed by atoms with van der Waals surface area (Å²) < 4.78 is 17.4. The molecule has 2 unspecified atom stereocenters. The van der Waals surface area contributed by atoms with Crippen molar-refractivity contribution in [1.82, 2.24) is 0 Å². The molecule has 2 N–H and O–H groups in total. The third-order valence-corrected chi connectivity index (χ3v) is 6.96. The number of nitrogens with one attached hydrogen (secondary N) is 2. The highest BCUT2D eigenvalue weighted by Gasteiger charge is 2.37. The zero-order valence-corrected chi connectivity index (χ0v) is 21.7. The number of fused-ring (bicyclic) bond motifs is 1. The van der Waals surface area contributed by atoms with Gasteiger partial charge in [0.1, 0.15) is 5.75 Å². The van der Waals surface area contributed by atoms with Crippen LogP contribution in [0.15, 0.2) is 78.0 Å². The van der Waals surface area contributed by atoms with Crippen LogP contribution in [0, 0.1) is 0 Å². The minimum Gasteiger partial charge on any atom is -0.493 e. The van der Waals surface area contributed by atoms with E-state index >= 15 is 0 Å². The van der Waals surface area contributed by atoms with Gasteiger partial charge in [0.05, 0.1) is 37.7 Å². The van der Waals surface area contributed by atoms with Gasteiger partial charge in [-0.25, -0.2) is 0 Å². The Morgan fingerprint density at radius 1 is 0.865 bits per heavy atom. The van der Waals surface area contributed by atoms with Gasteiger partial charge in [0.25, 0.3) is 0 Å². The van der Waals surface area contributed by atoms with Crippen LogP contribution in [0.25, 0.3) is 0 Å². The maximum atomic E-state index is 13.9. The lowest BCUT2D eigenvalue weighted by atomic mass is 9.78. The number of ether oxygens (including phenoxy) is 3. The third kappa shape index (κ3) is 5.01. The Bertz CT molecular complexity index is 1320. The minimum atomic E-state index is -0.317. The summed E-state index contributed by atoms with van der Waals surface area (Å²) in [5, 5.41) is 7.27. The molecule has 3 aromatic rings. The van der Waals surface area contributed by atoms with Crippen LogP contribution >= 0.6 is 0 Å². The highest BCUT2D eigenvalue weighted by molar-refractivity contribution is 6.01. The van der Waals surface area contributed by atoms with Gasteiger partial charge >= 0.3 is 0 Å². The van der Waals surface area contributed by atoms with Gasteiger partial charge in [-0.2, -0.15) is 0 Å². The Labute approximate surface area is 218 Å². The maximum Gasteiger partial charge on any atom is 0.163 e. The van der Waals surface area contributed by atoms with Crippen LogP contribution < -0.4 is 24.8 Å². The highest BCUT2D eigenvalue weighted by Crippen LogP contribution is 2.46. The van der Waals surface area contributed by atoms with Crippen molar-refractivity contribution in [3.05, 3.63) is 89.1 Å². The van der Waals surface area contributed by atoms with E-state index in [1.165, 1.54) is 0 Å². The second-order valence-corrected chi connectivity index (χ2v) is 9.40. The van der Waals surface area contributed by atoms with Crippen LogP contribution in [0.2, 0.25) is 0 Å². The second kappa shape index (κ2) is 11.0. The van der Waals surface area contributed by atoms with Crippen LogP contribution in [0.3, 0.4) is 0 Å². The average Bonchev–Trinajstić information content (AvgIpc) is 3.09. The number of ketones is 1. The molecule has 6 heteroatoms. The number of allylic oxidation sites excluding steroid dienone is 1. The fraction of sp³-hybridized carbons (Fsp3) is 0.323. The van der Waals surface area contributed by atoms with Gasteiger partial charge in [0.15, 0.2) is 17.3 Å². The fourth-order valence-electron chi connectivity index (χ4n) is 5.24. The van der Waals surface area contributed by atoms with E-state index in [4.69, 9.17) is 14.2 Å². The largest absolute Gasteiger partial charge is 0.493 e. The lowest BCUT2D eigenvalue weighted by Gasteiger charge is -2.30. The third-order valence-electron chi connectivity index (χ3n) is 6.96. The highest BCUT2D eigenvalue weighted by atomic mass is 16.5. The van der Waals surface area contributed by atoms with Gasteiger partial charge in [0, 0.05) is 23.3 Å². The molecule has 0 spiro atoms. The molecule has 192 valence electrons. The molecule has 1 heterocycles. The van der Waals surface area contributed by atoms with Crippen molar-refractivity contribution in [2.24, 2.45) is 0 Å². The predicted octanol–water partition coefficient (Wildman–Crippen LogP) is 6.86. The number of hydrogen-bond acceptors (Lipinski definition) is 6. The van der Waals surface area contributed by atoms with Gasteiger partial charge in [-0.1, -0.05) is 43.3 Å². The SMILES string of the molecule is CCCOc1ccccc1C1Nc2ccccc2NC2=C1C(=O)CC(c1ccc(OCC)c(OC)c1)C2. The topological polar surface area (TPSA) is 68.8 Å². The van der Waals surface area contributed by atoms with Crippen molar-refractivity contribution in [3.63, 3.8) is 0 Å². The van der Waals surface area contributed by atoms with Crippen molar-refractivity contribution in [2.75, 3.05) is 31.0 Å². The molecular weight excluding hydrogens is 464 g/mol. The summed E-state index contributed by atoms with van der Waals surface area (Å²) in [7, 11) is 1.65. The number of hydrogen-bond donors (Lipinski definition) is 2. The summed E-state index contributed by atoms with van der Waals surface area (Å²) in [6, 6.07) is 21.8. The molecule has 6 nitrogen and oxygen atoms in total. The van der Waals surface area contributed by atoms with Gasteiger partial charge < -0.3 is 24.8 Å². The fourth-order valence-corrected chi connectivity index (χ4v) is 5.24. The van der Waals surface area contributed by atoms with Crippen LogP contribution in [-0.2, 0) is 4.79 Å². The first-order valence-electron chi connectivity index (χ1n) is 13.0. The van der Waals surface area contributed by atoms with E-state index < -0.39 is 0 Å². The molecular formula is C31H34N2O4. The molecule has 0 fully saturated rings. The summed E-state index contributed by atoms with van der Waals surface area (Å²) >= 11 is 0. The van der Waals surface area contributed by atoms with E-state index in [9.17, 15) is 4.79 Å². The van der Waals surface area contributed by atoms with Gasteiger partial charge in [-0.15, -0.1) is 0 Å². The van der Waals surface area contributed by atoms with Crippen LogP contribution in [0.4, 0.5) is 11.4 Å². The smallest absolute Gasteiger partial charge is 0.163 e. The Morgan fingerprint density at radius 3 is 2.43 bits per heavy atom. The molecule has 0 saturated carbocycles. The number of rotatable bonds is 8. The molecule has 1 aliphatic heterocycles. The summed E-state index contributed by atoms with van der Waals surface area (Å²) in [6.45, 7) is 5.23. The molecule has 1 aliphatic carbocycles.